The average molecular weight is 403 g/mol. The minimum atomic E-state index is -0.722. The maximum atomic E-state index is 12.5. The van der Waals surface area contributed by atoms with Gasteiger partial charge in [0, 0.05) is 0 Å². The largest absolute Gasteiger partial charge is 0.496 e. The Labute approximate surface area is 174 Å². The number of hydrogen-bond donors (Lipinski definition) is 1. The molecule has 0 bridgehead atoms. The van der Waals surface area contributed by atoms with E-state index in [0.29, 0.717) is 17.7 Å². The Morgan fingerprint density at radius 2 is 1.43 bits per heavy atom. The van der Waals surface area contributed by atoms with Crippen LogP contribution in [0.15, 0.2) is 78.9 Å². The van der Waals surface area contributed by atoms with E-state index in [-0.39, 0.29) is 5.56 Å². The van der Waals surface area contributed by atoms with Crippen LogP contribution in [0.2, 0.25) is 0 Å². The number of nitrogens with one attached hydrogen (secondary N) is 1. The van der Waals surface area contributed by atoms with Gasteiger partial charge >= 0.3 is 5.97 Å². The van der Waals surface area contributed by atoms with Gasteiger partial charge in [-0.15, -0.1) is 0 Å². The molecular formula is C24H21NO5. The third-order valence-corrected chi connectivity index (χ3v) is 4.41. The highest BCUT2D eigenvalue weighted by molar-refractivity contribution is 6.07. The summed E-state index contributed by atoms with van der Waals surface area (Å²) in [6, 6.07) is 23.3. The highest BCUT2D eigenvalue weighted by Gasteiger charge is 2.18. The quantitative estimate of drug-likeness (QED) is 0.612. The van der Waals surface area contributed by atoms with E-state index >= 15 is 0 Å². The SMILES string of the molecule is COc1ccccc1C(=O)NC(=O)COC(=O)c1ccccc1Cc1ccccc1. The van der Waals surface area contributed by atoms with Gasteiger partial charge in [0.2, 0.25) is 0 Å². The van der Waals surface area contributed by atoms with E-state index < -0.39 is 24.4 Å². The third-order valence-electron chi connectivity index (χ3n) is 4.41. The van der Waals surface area contributed by atoms with Gasteiger partial charge in [0.25, 0.3) is 11.8 Å². The molecule has 0 saturated heterocycles. The zero-order chi connectivity index (χ0) is 21.3. The molecule has 0 fully saturated rings. The normalized spacial score (nSPS) is 10.2. The van der Waals surface area contributed by atoms with Gasteiger partial charge < -0.3 is 9.47 Å². The van der Waals surface area contributed by atoms with Gasteiger partial charge in [0.05, 0.1) is 18.2 Å². The standard InChI is InChI=1S/C24H21NO5/c1-29-21-14-8-7-13-20(21)23(27)25-22(26)16-30-24(28)19-12-6-5-11-18(19)15-17-9-3-2-4-10-17/h2-14H,15-16H2,1H3,(H,25,26,27). The van der Waals surface area contributed by atoms with Gasteiger partial charge in [-0.25, -0.2) is 4.79 Å². The summed E-state index contributed by atoms with van der Waals surface area (Å²) in [6.45, 7) is -0.570. The number of para-hydroxylation sites is 1. The van der Waals surface area contributed by atoms with Crippen molar-refractivity contribution in [3.05, 3.63) is 101 Å². The summed E-state index contributed by atoms with van der Waals surface area (Å²) in [5.41, 5.74) is 2.44. The molecule has 0 aliphatic heterocycles. The number of rotatable bonds is 7. The zero-order valence-corrected chi connectivity index (χ0v) is 16.5. The van der Waals surface area contributed by atoms with E-state index in [1.54, 1.807) is 30.3 Å². The second-order valence-corrected chi connectivity index (χ2v) is 6.47. The molecule has 6 heteroatoms. The molecule has 0 atom stereocenters. The van der Waals surface area contributed by atoms with Crippen molar-refractivity contribution < 1.29 is 23.9 Å². The van der Waals surface area contributed by atoms with Crippen LogP contribution < -0.4 is 10.1 Å². The average Bonchev–Trinajstić information content (AvgIpc) is 2.78. The van der Waals surface area contributed by atoms with Crippen LogP contribution in [0.5, 0.6) is 5.75 Å². The maximum absolute atomic E-state index is 12.5. The van der Waals surface area contributed by atoms with Crippen molar-refractivity contribution in [2.24, 2.45) is 0 Å². The molecule has 30 heavy (non-hydrogen) atoms. The van der Waals surface area contributed by atoms with Crippen LogP contribution in [-0.2, 0) is 16.0 Å². The molecule has 3 rings (SSSR count). The predicted octanol–water partition coefficient (Wildman–Crippen LogP) is 3.40. The summed E-state index contributed by atoms with van der Waals surface area (Å²) in [5.74, 6) is -1.63. The number of imide groups is 1. The van der Waals surface area contributed by atoms with Crippen LogP contribution in [0.25, 0.3) is 0 Å². The monoisotopic (exact) mass is 403 g/mol. The molecule has 152 valence electrons. The molecular weight excluding hydrogens is 382 g/mol. The van der Waals surface area contributed by atoms with Crippen molar-refractivity contribution in [2.75, 3.05) is 13.7 Å². The van der Waals surface area contributed by atoms with Gasteiger partial charge in [0.15, 0.2) is 6.61 Å². The molecule has 0 aliphatic rings. The lowest BCUT2D eigenvalue weighted by molar-refractivity contribution is -0.123. The Hall–Kier alpha value is -3.93. The number of esters is 1. The van der Waals surface area contributed by atoms with Crippen molar-refractivity contribution >= 4 is 17.8 Å². The van der Waals surface area contributed by atoms with Crippen LogP contribution in [0.1, 0.15) is 31.8 Å². The second-order valence-electron chi connectivity index (χ2n) is 6.47. The highest BCUT2D eigenvalue weighted by atomic mass is 16.5. The minimum absolute atomic E-state index is 0.216. The molecule has 0 aromatic heterocycles. The van der Waals surface area contributed by atoms with E-state index in [9.17, 15) is 14.4 Å². The topological polar surface area (TPSA) is 81.7 Å². The van der Waals surface area contributed by atoms with Crippen molar-refractivity contribution in [3.8, 4) is 5.75 Å². The highest BCUT2D eigenvalue weighted by Crippen LogP contribution is 2.17. The molecule has 0 spiro atoms. The fraction of sp³-hybridized carbons (Fsp3) is 0.125. The van der Waals surface area contributed by atoms with E-state index in [1.165, 1.54) is 13.2 Å². The number of ether oxygens (including phenoxy) is 2. The van der Waals surface area contributed by atoms with E-state index in [0.717, 1.165) is 11.1 Å². The Kier molecular flexibility index (Phi) is 6.95. The van der Waals surface area contributed by atoms with Crippen LogP contribution in [-0.4, -0.2) is 31.5 Å². The Morgan fingerprint density at radius 3 is 2.17 bits per heavy atom. The Morgan fingerprint density at radius 1 is 0.800 bits per heavy atom. The number of amides is 2. The minimum Gasteiger partial charge on any atom is -0.496 e. The van der Waals surface area contributed by atoms with Crippen LogP contribution in [0.4, 0.5) is 0 Å². The molecule has 1 N–H and O–H groups in total. The second kappa shape index (κ2) is 10.0. The molecule has 0 aliphatic carbocycles. The van der Waals surface area contributed by atoms with E-state index in [1.807, 2.05) is 42.5 Å². The Bertz CT molecular complexity index is 1050. The summed E-state index contributed by atoms with van der Waals surface area (Å²) in [7, 11) is 1.43. The molecule has 3 aromatic rings. The molecule has 0 unspecified atom stereocenters. The van der Waals surface area contributed by atoms with Crippen molar-refractivity contribution in [2.45, 2.75) is 6.42 Å². The summed E-state index contributed by atoms with van der Waals surface area (Å²) in [6.07, 6.45) is 0.560. The summed E-state index contributed by atoms with van der Waals surface area (Å²) in [5, 5.41) is 2.20. The maximum Gasteiger partial charge on any atom is 0.338 e. The van der Waals surface area contributed by atoms with Crippen molar-refractivity contribution in [1.29, 1.82) is 0 Å². The van der Waals surface area contributed by atoms with Gasteiger partial charge in [-0.1, -0.05) is 60.7 Å². The summed E-state index contributed by atoms with van der Waals surface area (Å²) >= 11 is 0. The molecule has 3 aromatic carbocycles. The lowest BCUT2D eigenvalue weighted by Gasteiger charge is -2.11. The number of carbonyl (C=O) groups is 3. The van der Waals surface area contributed by atoms with Crippen LogP contribution >= 0.6 is 0 Å². The summed E-state index contributed by atoms with van der Waals surface area (Å²) in [4.78, 5) is 36.9. The fourth-order valence-corrected chi connectivity index (χ4v) is 2.96. The third kappa shape index (κ3) is 5.32. The number of hydrogen-bond acceptors (Lipinski definition) is 5. The fourth-order valence-electron chi connectivity index (χ4n) is 2.96. The van der Waals surface area contributed by atoms with E-state index in [4.69, 9.17) is 9.47 Å². The van der Waals surface area contributed by atoms with Gasteiger partial charge in [-0.2, -0.15) is 0 Å². The molecule has 2 amide bonds. The van der Waals surface area contributed by atoms with E-state index in [2.05, 4.69) is 5.32 Å². The van der Waals surface area contributed by atoms with Gasteiger partial charge in [-0.3, -0.25) is 14.9 Å². The lowest BCUT2D eigenvalue weighted by Crippen LogP contribution is -2.34. The number of benzene rings is 3. The first-order chi connectivity index (χ1) is 14.6. The zero-order valence-electron chi connectivity index (χ0n) is 16.5. The first kappa shape index (κ1) is 20.8. The predicted molar refractivity (Wildman–Crippen MR) is 111 cm³/mol. The molecule has 0 saturated carbocycles. The lowest BCUT2D eigenvalue weighted by atomic mass is 10.00. The van der Waals surface area contributed by atoms with Crippen molar-refractivity contribution in [1.82, 2.24) is 5.32 Å². The van der Waals surface area contributed by atoms with Crippen LogP contribution in [0, 0.1) is 0 Å². The Balaban J connectivity index is 1.60. The van der Waals surface area contributed by atoms with Crippen molar-refractivity contribution in [3.63, 3.8) is 0 Å². The van der Waals surface area contributed by atoms with Gasteiger partial charge in [0.1, 0.15) is 5.75 Å². The number of carbonyl (C=O) groups excluding carboxylic acids is 3. The van der Waals surface area contributed by atoms with Gasteiger partial charge in [-0.05, 0) is 35.7 Å². The van der Waals surface area contributed by atoms with Crippen LogP contribution in [0.3, 0.4) is 0 Å². The summed E-state index contributed by atoms with van der Waals surface area (Å²) < 4.78 is 10.2. The molecule has 6 nitrogen and oxygen atoms in total. The molecule has 0 radical (unpaired) electrons. The first-order valence-electron chi connectivity index (χ1n) is 9.34. The first-order valence-corrected chi connectivity index (χ1v) is 9.34. The molecule has 0 heterocycles. The smallest absolute Gasteiger partial charge is 0.338 e. The number of methoxy groups -OCH3 is 1.